The number of rotatable bonds is 3. The average Bonchev–Trinajstić information content (AvgIpc) is 2.24. The number of halogens is 5. The molecular formula is C11H10F5NO. The molecule has 0 heterocycles. The van der Waals surface area contributed by atoms with Crippen molar-refractivity contribution in [2.75, 3.05) is 0 Å². The molecule has 1 N–H and O–H groups in total. The summed E-state index contributed by atoms with van der Waals surface area (Å²) < 4.78 is 60.7. The van der Waals surface area contributed by atoms with Gasteiger partial charge in [-0.2, -0.15) is 22.0 Å². The smallest absolute Gasteiger partial charge is 0.346 e. The molecule has 0 radical (unpaired) electrons. The molecule has 7 heteroatoms. The van der Waals surface area contributed by atoms with Gasteiger partial charge in [-0.1, -0.05) is 29.8 Å². The van der Waals surface area contributed by atoms with Gasteiger partial charge in [-0.3, -0.25) is 4.79 Å². The van der Waals surface area contributed by atoms with Crippen molar-refractivity contribution in [2.45, 2.75) is 25.6 Å². The Morgan fingerprint density at radius 2 is 1.83 bits per heavy atom. The number of alkyl halides is 5. The molecule has 0 aromatic heterocycles. The second-order valence-corrected chi connectivity index (χ2v) is 3.74. The molecule has 2 nitrogen and oxygen atoms in total. The number of aryl methyl sites for hydroxylation is 1. The molecule has 0 aliphatic carbocycles. The molecule has 0 unspecified atom stereocenters. The third-order valence-electron chi connectivity index (χ3n) is 2.18. The van der Waals surface area contributed by atoms with Crippen molar-refractivity contribution in [1.29, 1.82) is 0 Å². The maximum atomic E-state index is 12.6. The van der Waals surface area contributed by atoms with Crippen LogP contribution in [0.4, 0.5) is 22.0 Å². The molecule has 1 rings (SSSR count). The molecule has 18 heavy (non-hydrogen) atoms. The van der Waals surface area contributed by atoms with E-state index < -0.39 is 18.0 Å². The zero-order chi connectivity index (χ0) is 14.0. The summed E-state index contributed by atoms with van der Waals surface area (Å²) in [7, 11) is 0. The number of carbonyl (C=O) groups excluding carboxylic acids is 1. The first-order chi connectivity index (χ1) is 8.14. The van der Waals surface area contributed by atoms with Crippen molar-refractivity contribution < 1.29 is 26.7 Å². The van der Waals surface area contributed by atoms with Gasteiger partial charge in [0.25, 0.3) is 0 Å². The highest BCUT2D eigenvalue weighted by Crippen LogP contribution is 2.35. The largest absolute Gasteiger partial charge is 0.463 e. The Morgan fingerprint density at radius 1 is 1.22 bits per heavy atom. The summed E-state index contributed by atoms with van der Waals surface area (Å²) in [5, 5.41) is 1.56. The average molecular weight is 267 g/mol. The molecule has 0 spiro atoms. The molecule has 100 valence electrons. The predicted octanol–water partition coefficient (Wildman–Crippen LogP) is 2.81. The van der Waals surface area contributed by atoms with Crippen LogP contribution in [0.15, 0.2) is 24.3 Å². The molecule has 1 aromatic carbocycles. The van der Waals surface area contributed by atoms with Crippen molar-refractivity contribution >= 4 is 5.91 Å². The van der Waals surface area contributed by atoms with Crippen LogP contribution in [0.2, 0.25) is 0 Å². The lowest BCUT2D eigenvalue weighted by Crippen LogP contribution is -2.50. The van der Waals surface area contributed by atoms with Crippen LogP contribution >= 0.6 is 0 Å². The predicted molar refractivity (Wildman–Crippen MR) is 54.0 cm³/mol. The fourth-order valence-electron chi connectivity index (χ4n) is 1.24. The van der Waals surface area contributed by atoms with E-state index in [0.717, 1.165) is 5.56 Å². The van der Waals surface area contributed by atoms with E-state index >= 15 is 0 Å². The lowest BCUT2D eigenvalue weighted by Gasteiger charge is -2.18. The molecule has 0 saturated carbocycles. The van der Waals surface area contributed by atoms with Crippen LogP contribution in [0.3, 0.4) is 0 Å². The molecular weight excluding hydrogens is 257 g/mol. The van der Waals surface area contributed by atoms with Gasteiger partial charge < -0.3 is 5.32 Å². The summed E-state index contributed by atoms with van der Waals surface area (Å²) in [6, 6.07) is 6.43. The molecule has 0 fully saturated rings. The highest BCUT2D eigenvalue weighted by Gasteiger charge is 2.63. The summed E-state index contributed by atoms with van der Waals surface area (Å²) in [5.41, 5.74) is 1.26. The van der Waals surface area contributed by atoms with Crippen LogP contribution in [-0.2, 0) is 11.3 Å². The van der Waals surface area contributed by atoms with Crippen molar-refractivity contribution in [3.05, 3.63) is 35.4 Å². The molecule has 0 atom stereocenters. The van der Waals surface area contributed by atoms with E-state index in [9.17, 15) is 26.7 Å². The fraction of sp³-hybridized carbons (Fsp3) is 0.364. The molecule has 0 aliphatic rings. The van der Waals surface area contributed by atoms with Gasteiger partial charge in [-0.15, -0.1) is 0 Å². The maximum absolute atomic E-state index is 12.6. The van der Waals surface area contributed by atoms with Crippen molar-refractivity contribution in [3.8, 4) is 0 Å². The summed E-state index contributed by atoms with van der Waals surface area (Å²) >= 11 is 0. The summed E-state index contributed by atoms with van der Waals surface area (Å²) in [4.78, 5) is 10.8. The van der Waals surface area contributed by atoms with E-state index in [1.165, 1.54) is 6.07 Å². The van der Waals surface area contributed by atoms with Gasteiger partial charge in [0.2, 0.25) is 0 Å². The van der Waals surface area contributed by atoms with Crippen LogP contribution < -0.4 is 5.32 Å². The Kier molecular flexibility index (Phi) is 3.93. The number of hydrogen-bond donors (Lipinski definition) is 1. The van der Waals surface area contributed by atoms with Crippen molar-refractivity contribution in [2.24, 2.45) is 0 Å². The zero-order valence-corrected chi connectivity index (χ0v) is 9.31. The Morgan fingerprint density at radius 3 is 2.33 bits per heavy atom. The minimum atomic E-state index is -5.89. The van der Waals surface area contributed by atoms with Gasteiger partial charge >= 0.3 is 18.0 Å². The minimum absolute atomic E-state index is 0.383. The maximum Gasteiger partial charge on any atom is 0.463 e. The van der Waals surface area contributed by atoms with E-state index in [0.29, 0.717) is 5.56 Å². The number of benzene rings is 1. The highest BCUT2D eigenvalue weighted by molar-refractivity contribution is 5.84. The Bertz CT molecular complexity index is 441. The standard InChI is InChI=1S/C11H10F5NO/c1-7-3-2-4-8(5-7)6-17-9(18)10(12,13)11(14,15)16/h2-5H,6H2,1H3,(H,17,18). The Labute approximate surface area is 99.8 Å². The quantitative estimate of drug-likeness (QED) is 0.838. The lowest BCUT2D eigenvalue weighted by molar-refractivity contribution is -0.269. The first-order valence-corrected chi connectivity index (χ1v) is 4.93. The first-order valence-electron chi connectivity index (χ1n) is 4.93. The van der Waals surface area contributed by atoms with E-state index in [1.807, 2.05) is 0 Å². The number of carbonyl (C=O) groups is 1. The van der Waals surface area contributed by atoms with Crippen LogP contribution in [0.5, 0.6) is 0 Å². The second-order valence-electron chi connectivity index (χ2n) is 3.74. The van der Waals surface area contributed by atoms with Crippen LogP contribution in [-0.4, -0.2) is 18.0 Å². The van der Waals surface area contributed by atoms with E-state index in [4.69, 9.17) is 0 Å². The van der Waals surface area contributed by atoms with E-state index in [1.54, 1.807) is 30.4 Å². The minimum Gasteiger partial charge on any atom is -0.346 e. The molecule has 0 saturated heterocycles. The normalized spacial score (nSPS) is 12.3. The highest BCUT2D eigenvalue weighted by atomic mass is 19.4. The molecule has 0 aliphatic heterocycles. The van der Waals surface area contributed by atoms with E-state index in [2.05, 4.69) is 0 Å². The molecule has 0 bridgehead atoms. The third-order valence-corrected chi connectivity index (χ3v) is 2.18. The fourth-order valence-corrected chi connectivity index (χ4v) is 1.24. The van der Waals surface area contributed by atoms with Gasteiger partial charge in [0.1, 0.15) is 0 Å². The number of hydrogen-bond acceptors (Lipinski definition) is 1. The topological polar surface area (TPSA) is 29.1 Å². The Balaban J connectivity index is 2.67. The second kappa shape index (κ2) is 4.91. The Hall–Kier alpha value is -1.66. The van der Waals surface area contributed by atoms with Crippen LogP contribution in [0.25, 0.3) is 0 Å². The van der Waals surface area contributed by atoms with Gasteiger partial charge in [0.15, 0.2) is 0 Å². The van der Waals surface area contributed by atoms with Gasteiger partial charge in [-0.25, -0.2) is 0 Å². The lowest BCUT2D eigenvalue weighted by atomic mass is 10.1. The number of amides is 1. The van der Waals surface area contributed by atoms with Gasteiger partial charge in [0, 0.05) is 6.54 Å². The van der Waals surface area contributed by atoms with Crippen LogP contribution in [0.1, 0.15) is 11.1 Å². The number of nitrogens with one attached hydrogen (secondary N) is 1. The van der Waals surface area contributed by atoms with Gasteiger partial charge in [0.05, 0.1) is 0 Å². The van der Waals surface area contributed by atoms with Crippen molar-refractivity contribution in [3.63, 3.8) is 0 Å². The third kappa shape index (κ3) is 3.18. The summed E-state index contributed by atoms with van der Waals surface area (Å²) in [6.45, 7) is 1.35. The SMILES string of the molecule is Cc1cccc(CNC(=O)C(F)(F)C(F)(F)F)c1. The summed E-state index contributed by atoms with van der Waals surface area (Å²) in [6.07, 6.45) is -5.89. The monoisotopic (exact) mass is 267 g/mol. The molecule has 1 amide bonds. The molecule has 1 aromatic rings. The first kappa shape index (κ1) is 14.4. The zero-order valence-electron chi connectivity index (χ0n) is 9.31. The van der Waals surface area contributed by atoms with Crippen molar-refractivity contribution in [1.82, 2.24) is 5.32 Å². The van der Waals surface area contributed by atoms with Gasteiger partial charge in [-0.05, 0) is 12.5 Å². The summed E-state index contributed by atoms with van der Waals surface area (Å²) in [5.74, 6) is -7.73. The van der Waals surface area contributed by atoms with E-state index in [-0.39, 0.29) is 6.54 Å². The van der Waals surface area contributed by atoms with Crippen LogP contribution in [0, 0.1) is 6.92 Å².